The van der Waals surface area contributed by atoms with Crippen molar-refractivity contribution in [3.8, 4) is 0 Å². The summed E-state index contributed by atoms with van der Waals surface area (Å²) in [6.45, 7) is 4.80. The highest BCUT2D eigenvalue weighted by Crippen LogP contribution is 2.24. The standard InChI is InChI=1S/C13H18N2O/c1-3-4-10(8-14)13-15-11-7-9(2)5-6-12(11)16-13/h5-7,10H,3-4,8,14H2,1-2H3. The molecule has 0 spiro atoms. The molecule has 0 aliphatic carbocycles. The quantitative estimate of drug-likeness (QED) is 0.858. The van der Waals surface area contributed by atoms with E-state index in [1.54, 1.807) is 0 Å². The third kappa shape index (κ3) is 2.09. The summed E-state index contributed by atoms with van der Waals surface area (Å²) in [5.41, 5.74) is 8.74. The van der Waals surface area contributed by atoms with Gasteiger partial charge in [0.05, 0.1) is 0 Å². The molecule has 0 amide bonds. The first-order chi connectivity index (χ1) is 7.74. The second kappa shape index (κ2) is 4.66. The number of hydrogen-bond acceptors (Lipinski definition) is 3. The summed E-state index contributed by atoms with van der Waals surface area (Å²) >= 11 is 0. The number of aryl methyl sites for hydroxylation is 1. The SMILES string of the molecule is CCCC(CN)c1nc2cc(C)ccc2o1. The Morgan fingerprint density at radius 2 is 2.25 bits per heavy atom. The maximum atomic E-state index is 5.74. The molecule has 1 atom stereocenters. The van der Waals surface area contributed by atoms with Gasteiger partial charge in [-0.15, -0.1) is 0 Å². The molecule has 0 bridgehead atoms. The molecule has 2 N–H and O–H groups in total. The minimum atomic E-state index is 0.248. The van der Waals surface area contributed by atoms with E-state index in [1.807, 2.05) is 18.2 Å². The second-order valence-electron chi connectivity index (χ2n) is 4.24. The Kier molecular flexibility index (Phi) is 3.25. The van der Waals surface area contributed by atoms with Crippen LogP contribution in [0.3, 0.4) is 0 Å². The summed E-state index contributed by atoms with van der Waals surface area (Å²) in [6, 6.07) is 6.05. The average molecular weight is 218 g/mol. The van der Waals surface area contributed by atoms with Crippen LogP contribution < -0.4 is 5.73 Å². The zero-order valence-corrected chi connectivity index (χ0v) is 9.86. The molecular weight excluding hydrogens is 200 g/mol. The van der Waals surface area contributed by atoms with Gasteiger partial charge < -0.3 is 10.2 Å². The summed E-state index contributed by atoms with van der Waals surface area (Å²) in [4.78, 5) is 4.52. The van der Waals surface area contributed by atoms with E-state index in [2.05, 4.69) is 18.8 Å². The van der Waals surface area contributed by atoms with Gasteiger partial charge in [0.1, 0.15) is 5.52 Å². The summed E-state index contributed by atoms with van der Waals surface area (Å²) in [7, 11) is 0. The highest BCUT2D eigenvalue weighted by molar-refractivity contribution is 5.73. The van der Waals surface area contributed by atoms with E-state index >= 15 is 0 Å². The van der Waals surface area contributed by atoms with E-state index in [0.29, 0.717) is 6.54 Å². The first-order valence-corrected chi connectivity index (χ1v) is 5.81. The van der Waals surface area contributed by atoms with Gasteiger partial charge >= 0.3 is 0 Å². The molecule has 2 aromatic rings. The van der Waals surface area contributed by atoms with Crippen LogP contribution in [0.1, 0.15) is 37.1 Å². The summed E-state index contributed by atoms with van der Waals surface area (Å²) in [5.74, 6) is 1.03. The molecule has 1 aromatic heterocycles. The Morgan fingerprint density at radius 3 is 2.94 bits per heavy atom. The number of oxazole rings is 1. The molecule has 0 radical (unpaired) electrons. The molecular formula is C13H18N2O. The maximum Gasteiger partial charge on any atom is 0.199 e. The van der Waals surface area contributed by atoms with Crippen molar-refractivity contribution >= 4 is 11.1 Å². The number of aromatic nitrogens is 1. The lowest BCUT2D eigenvalue weighted by Crippen LogP contribution is -2.12. The van der Waals surface area contributed by atoms with Gasteiger partial charge in [-0.2, -0.15) is 0 Å². The molecule has 3 nitrogen and oxygen atoms in total. The van der Waals surface area contributed by atoms with Gasteiger partial charge in [0.25, 0.3) is 0 Å². The molecule has 0 aliphatic heterocycles. The predicted octanol–water partition coefficient (Wildman–Crippen LogP) is 2.98. The minimum Gasteiger partial charge on any atom is -0.440 e. The topological polar surface area (TPSA) is 52.0 Å². The Morgan fingerprint density at radius 1 is 1.44 bits per heavy atom. The molecule has 1 aromatic carbocycles. The van der Waals surface area contributed by atoms with Gasteiger partial charge in [0, 0.05) is 12.5 Å². The van der Waals surface area contributed by atoms with Gasteiger partial charge in [-0.3, -0.25) is 0 Å². The first-order valence-electron chi connectivity index (χ1n) is 5.81. The van der Waals surface area contributed by atoms with Crippen LogP contribution in [-0.4, -0.2) is 11.5 Å². The normalized spacial score (nSPS) is 13.2. The van der Waals surface area contributed by atoms with E-state index in [1.165, 1.54) is 5.56 Å². The van der Waals surface area contributed by atoms with Crippen LogP contribution in [0, 0.1) is 6.92 Å². The Labute approximate surface area is 95.7 Å². The lowest BCUT2D eigenvalue weighted by molar-refractivity contribution is 0.453. The number of fused-ring (bicyclic) bond motifs is 1. The van der Waals surface area contributed by atoms with Crippen LogP contribution in [0.2, 0.25) is 0 Å². The largest absolute Gasteiger partial charge is 0.440 e. The monoisotopic (exact) mass is 218 g/mol. The number of hydrogen-bond donors (Lipinski definition) is 1. The van der Waals surface area contributed by atoms with E-state index in [-0.39, 0.29) is 5.92 Å². The van der Waals surface area contributed by atoms with Crippen molar-refractivity contribution in [2.75, 3.05) is 6.54 Å². The van der Waals surface area contributed by atoms with Crippen LogP contribution in [0.25, 0.3) is 11.1 Å². The van der Waals surface area contributed by atoms with Crippen molar-refractivity contribution in [1.29, 1.82) is 0 Å². The van der Waals surface area contributed by atoms with Gasteiger partial charge in [-0.25, -0.2) is 4.98 Å². The zero-order chi connectivity index (χ0) is 11.5. The Balaban J connectivity index is 2.37. The van der Waals surface area contributed by atoms with Gasteiger partial charge in [-0.1, -0.05) is 19.4 Å². The fourth-order valence-electron chi connectivity index (χ4n) is 1.92. The third-order valence-electron chi connectivity index (χ3n) is 2.83. The highest BCUT2D eigenvalue weighted by atomic mass is 16.3. The Hall–Kier alpha value is -1.35. The maximum absolute atomic E-state index is 5.74. The van der Waals surface area contributed by atoms with Crippen molar-refractivity contribution in [2.24, 2.45) is 5.73 Å². The van der Waals surface area contributed by atoms with Crippen LogP contribution in [0.4, 0.5) is 0 Å². The van der Waals surface area contributed by atoms with Crippen molar-refractivity contribution in [3.05, 3.63) is 29.7 Å². The molecule has 3 heteroatoms. The van der Waals surface area contributed by atoms with Crippen molar-refractivity contribution < 1.29 is 4.42 Å². The summed E-state index contributed by atoms with van der Waals surface area (Å²) in [6.07, 6.45) is 2.13. The first kappa shape index (κ1) is 11.1. The van der Waals surface area contributed by atoms with Gasteiger partial charge in [0.15, 0.2) is 11.5 Å². The molecule has 0 fully saturated rings. The number of nitrogens with zero attached hydrogens (tertiary/aromatic N) is 1. The summed E-state index contributed by atoms with van der Waals surface area (Å²) < 4.78 is 5.74. The molecule has 0 saturated heterocycles. The van der Waals surface area contributed by atoms with E-state index < -0.39 is 0 Å². The van der Waals surface area contributed by atoms with Crippen LogP contribution in [-0.2, 0) is 0 Å². The molecule has 1 unspecified atom stereocenters. The molecule has 0 aliphatic rings. The molecule has 16 heavy (non-hydrogen) atoms. The third-order valence-corrected chi connectivity index (χ3v) is 2.83. The van der Waals surface area contributed by atoms with E-state index in [9.17, 15) is 0 Å². The molecule has 1 heterocycles. The molecule has 86 valence electrons. The molecule has 0 saturated carbocycles. The lowest BCUT2D eigenvalue weighted by atomic mass is 10.0. The van der Waals surface area contributed by atoms with Crippen molar-refractivity contribution in [1.82, 2.24) is 4.98 Å². The Bertz CT molecular complexity index is 476. The number of nitrogens with two attached hydrogens (primary N) is 1. The number of benzene rings is 1. The average Bonchev–Trinajstić information content (AvgIpc) is 2.68. The number of rotatable bonds is 4. The van der Waals surface area contributed by atoms with Crippen molar-refractivity contribution in [3.63, 3.8) is 0 Å². The fourth-order valence-corrected chi connectivity index (χ4v) is 1.92. The van der Waals surface area contributed by atoms with E-state index in [0.717, 1.165) is 29.8 Å². The zero-order valence-electron chi connectivity index (χ0n) is 9.86. The smallest absolute Gasteiger partial charge is 0.199 e. The summed E-state index contributed by atoms with van der Waals surface area (Å²) in [5, 5.41) is 0. The highest BCUT2D eigenvalue weighted by Gasteiger charge is 2.15. The van der Waals surface area contributed by atoms with Crippen LogP contribution in [0.15, 0.2) is 22.6 Å². The predicted molar refractivity (Wildman–Crippen MR) is 65.4 cm³/mol. The fraction of sp³-hybridized carbons (Fsp3) is 0.462. The van der Waals surface area contributed by atoms with Crippen LogP contribution in [0.5, 0.6) is 0 Å². The van der Waals surface area contributed by atoms with Crippen molar-refractivity contribution in [2.45, 2.75) is 32.6 Å². The van der Waals surface area contributed by atoms with Crippen LogP contribution >= 0.6 is 0 Å². The molecule has 2 rings (SSSR count). The lowest BCUT2D eigenvalue weighted by Gasteiger charge is -2.07. The van der Waals surface area contributed by atoms with Gasteiger partial charge in [-0.05, 0) is 31.0 Å². The van der Waals surface area contributed by atoms with E-state index in [4.69, 9.17) is 10.2 Å². The van der Waals surface area contributed by atoms with Gasteiger partial charge in [0.2, 0.25) is 0 Å². The minimum absolute atomic E-state index is 0.248. The second-order valence-corrected chi connectivity index (χ2v) is 4.24.